The predicted octanol–water partition coefficient (Wildman–Crippen LogP) is 4.29. The molecule has 2 N–H and O–H groups in total. The number of hydrogen-bond donors (Lipinski definition) is 1. The first kappa shape index (κ1) is 11.4. The molecule has 2 aromatic carbocycles. The van der Waals surface area contributed by atoms with Crippen molar-refractivity contribution >= 4 is 22.4 Å². The van der Waals surface area contributed by atoms with Gasteiger partial charge >= 0.3 is 0 Å². The molecule has 0 aliphatic rings. The topological polar surface area (TPSA) is 26.0 Å². The van der Waals surface area contributed by atoms with Crippen molar-refractivity contribution in [3.8, 4) is 0 Å². The van der Waals surface area contributed by atoms with Crippen LogP contribution in [0.2, 0.25) is 5.02 Å². The summed E-state index contributed by atoms with van der Waals surface area (Å²) in [5.74, 6) is 0. The van der Waals surface area contributed by atoms with E-state index < -0.39 is 0 Å². The monoisotopic (exact) mass is 233 g/mol. The lowest BCUT2D eigenvalue weighted by atomic mass is 9.99. The van der Waals surface area contributed by atoms with Crippen molar-refractivity contribution in [1.82, 2.24) is 0 Å². The van der Waals surface area contributed by atoms with Gasteiger partial charge in [-0.05, 0) is 29.5 Å². The maximum atomic E-state index is 6.25. The molecule has 0 saturated carbocycles. The van der Waals surface area contributed by atoms with Gasteiger partial charge in [0.05, 0.1) is 0 Å². The summed E-state index contributed by atoms with van der Waals surface area (Å²) in [6.45, 7) is 2.14. The van der Waals surface area contributed by atoms with Crippen LogP contribution in [0.3, 0.4) is 0 Å². The van der Waals surface area contributed by atoms with E-state index in [1.165, 1.54) is 0 Å². The van der Waals surface area contributed by atoms with E-state index in [4.69, 9.17) is 17.3 Å². The van der Waals surface area contributed by atoms with Crippen LogP contribution in [0.25, 0.3) is 10.8 Å². The molecule has 2 rings (SSSR count). The van der Waals surface area contributed by atoms with Gasteiger partial charge in [0, 0.05) is 16.5 Å². The first-order chi connectivity index (χ1) is 7.72. The van der Waals surface area contributed by atoms with E-state index in [2.05, 4.69) is 19.1 Å². The van der Waals surface area contributed by atoms with Gasteiger partial charge in [-0.2, -0.15) is 0 Å². The van der Waals surface area contributed by atoms with E-state index in [1.54, 1.807) is 0 Å². The number of fused-ring (bicyclic) bond motifs is 1. The molecule has 84 valence electrons. The minimum absolute atomic E-state index is 0.0899. The SMILES string of the molecule is CCCC(N)c1cc(Cl)c2ccccc2c1. The summed E-state index contributed by atoms with van der Waals surface area (Å²) in [6, 6.07) is 12.3. The highest BCUT2D eigenvalue weighted by Gasteiger charge is 2.08. The first-order valence-electron chi connectivity index (χ1n) is 5.66. The molecule has 0 heterocycles. The molecule has 0 fully saturated rings. The van der Waals surface area contributed by atoms with Crippen LogP contribution in [0.5, 0.6) is 0 Å². The van der Waals surface area contributed by atoms with Crippen LogP contribution in [0.1, 0.15) is 31.4 Å². The summed E-state index contributed by atoms with van der Waals surface area (Å²) < 4.78 is 0. The molecule has 0 aromatic heterocycles. The van der Waals surface area contributed by atoms with Gasteiger partial charge in [-0.3, -0.25) is 0 Å². The molecule has 0 saturated heterocycles. The van der Waals surface area contributed by atoms with Gasteiger partial charge in [0.2, 0.25) is 0 Å². The summed E-state index contributed by atoms with van der Waals surface area (Å²) in [5, 5.41) is 3.05. The quantitative estimate of drug-likeness (QED) is 0.841. The van der Waals surface area contributed by atoms with Crippen molar-refractivity contribution in [2.45, 2.75) is 25.8 Å². The third-order valence-corrected chi connectivity index (χ3v) is 3.17. The average Bonchev–Trinajstić information content (AvgIpc) is 2.29. The molecular formula is C14H16ClN. The van der Waals surface area contributed by atoms with Crippen LogP contribution in [0.4, 0.5) is 0 Å². The van der Waals surface area contributed by atoms with Gasteiger partial charge in [-0.25, -0.2) is 0 Å². The molecule has 0 radical (unpaired) electrons. The Kier molecular flexibility index (Phi) is 3.47. The van der Waals surface area contributed by atoms with Gasteiger partial charge < -0.3 is 5.73 Å². The summed E-state index contributed by atoms with van der Waals surface area (Å²) in [6.07, 6.45) is 2.08. The molecular weight excluding hydrogens is 218 g/mol. The Morgan fingerprint density at radius 1 is 1.25 bits per heavy atom. The third kappa shape index (κ3) is 2.21. The normalized spacial score (nSPS) is 12.9. The zero-order valence-electron chi connectivity index (χ0n) is 9.41. The van der Waals surface area contributed by atoms with Crippen LogP contribution in [0.15, 0.2) is 36.4 Å². The minimum atomic E-state index is 0.0899. The van der Waals surface area contributed by atoms with Gasteiger partial charge in [-0.1, -0.05) is 49.2 Å². The van der Waals surface area contributed by atoms with Crippen molar-refractivity contribution < 1.29 is 0 Å². The molecule has 0 aliphatic carbocycles. The fourth-order valence-electron chi connectivity index (χ4n) is 1.98. The summed E-state index contributed by atoms with van der Waals surface area (Å²) in [7, 11) is 0. The van der Waals surface area contributed by atoms with E-state index in [1.807, 2.05) is 24.3 Å². The highest BCUT2D eigenvalue weighted by atomic mass is 35.5. The summed E-state index contributed by atoms with van der Waals surface area (Å²) >= 11 is 6.25. The maximum Gasteiger partial charge on any atom is 0.0487 e. The van der Waals surface area contributed by atoms with E-state index in [-0.39, 0.29) is 6.04 Å². The molecule has 16 heavy (non-hydrogen) atoms. The Labute approximate surface area is 101 Å². The number of rotatable bonds is 3. The minimum Gasteiger partial charge on any atom is -0.324 e. The second-order valence-electron chi connectivity index (χ2n) is 4.12. The Morgan fingerprint density at radius 2 is 2.00 bits per heavy atom. The second kappa shape index (κ2) is 4.86. The van der Waals surface area contributed by atoms with Crippen LogP contribution in [0, 0.1) is 0 Å². The zero-order valence-corrected chi connectivity index (χ0v) is 10.2. The van der Waals surface area contributed by atoms with Crippen molar-refractivity contribution in [3.05, 3.63) is 47.0 Å². The number of hydrogen-bond acceptors (Lipinski definition) is 1. The summed E-state index contributed by atoms with van der Waals surface area (Å²) in [5.41, 5.74) is 7.24. The van der Waals surface area contributed by atoms with Gasteiger partial charge in [0.1, 0.15) is 0 Å². The first-order valence-corrected chi connectivity index (χ1v) is 6.04. The Morgan fingerprint density at radius 3 is 2.75 bits per heavy atom. The third-order valence-electron chi connectivity index (χ3n) is 2.86. The fraction of sp³-hybridized carbons (Fsp3) is 0.286. The maximum absolute atomic E-state index is 6.25. The van der Waals surface area contributed by atoms with Crippen molar-refractivity contribution in [2.75, 3.05) is 0 Å². The van der Waals surface area contributed by atoms with Crippen LogP contribution >= 0.6 is 11.6 Å². The summed E-state index contributed by atoms with van der Waals surface area (Å²) in [4.78, 5) is 0. The smallest absolute Gasteiger partial charge is 0.0487 e. The molecule has 2 heteroatoms. The second-order valence-corrected chi connectivity index (χ2v) is 4.53. The molecule has 0 spiro atoms. The largest absolute Gasteiger partial charge is 0.324 e. The lowest BCUT2D eigenvalue weighted by molar-refractivity contribution is 0.639. The van der Waals surface area contributed by atoms with Crippen LogP contribution in [-0.4, -0.2) is 0 Å². The van der Waals surface area contributed by atoms with E-state index in [0.29, 0.717) is 0 Å². The van der Waals surface area contributed by atoms with Crippen molar-refractivity contribution in [1.29, 1.82) is 0 Å². The Bertz CT molecular complexity index is 493. The number of nitrogens with two attached hydrogens (primary N) is 1. The zero-order chi connectivity index (χ0) is 11.5. The van der Waals surface area contributed by atoms with Gasteiger partial charge in [0.25, 0.3) is 0 Å². The van der Waals surface area contributed by atoms with Crippen LogP contribution < -0.4 is 5.73 Å². The standard InChI is InChI=1S/C14H16ClN/c1-2-5-14(16)11-8-10-6-3-4-7-12(10)13(15)9-11/h3-4,6-9,14H,2,5,16H2,1H3. The van der Waals surface area contributed by atoms with E-state index >= 15 is 0 Å². The fourth-order valence-corrected chi connectivity index (χ4v) is 2.28. The molecule has 0 amide bonds. The number of halogens is 1. The molecule has 1 atom stereocenters. The van der Waals surface area contributed by atoms with Crippen LogP contribution in [-0.2, 0) is 0 Å². The Balaban J connectivity index is 2.49. The van der Waals surface area contributed by atoms with Gasteiger partial charge in [0.15, 0.2) is 0 Å². The average molecular weight is 234 g/mol. The van der Waals surface area contributed by atoms with Crippen molar-refractivity contribution in [3.63, 3.8) is 0 Å². The predicted molar refractivity (Wildman–Crippen MR) is 70.8 cm³/mol. The molecule has 1 nitrogen and oxygen atoms in total. The molecule has 1 unspecified atom stereocenters. The lowest BCUT2D eigenvalue weighted by Crippen LogP contribution is -2.09. The van der Waals surface area contributed by atoms with Crippen molar-refractivity contribution in [2.24, 2.45) is 5.73 Å². The molecule has 2 aromatic rings. The number of benzene rings is 2. The highest BCUT2D eigenvalue weighted by Crippen LogP contribution is 2.28. The van der Waals surface area contributed by atoms with Gasteiger partial charge in [-0.15, -0.1) is 0 Å². The van der Waals surface area contributed by atoms with E-state index in [9.17, 15) is 0 Å². The molecule has 0 aliphatic heterocycles. The Hall–Kier alpha value is -1.05. The molecule has 0 bridgehead atoms. The lowest BCUT2D eigenvalue weighted by Gasteiger charge is -2.12. The highest BCUT2D eigenvalue weighted by molar-refractivity contribution is 6.35. The van der Waals surface area contributed by atoms with E-state index in [0.717, 1.165) is 34.2 Å².